The smallest absolute Gasteiger partial charge is 0.302 e. The first-order valence-electron chi connectivity index (χ1n) is 11.4. The summed E-state index contributed by atoms with van der Waals surface area (Å²) >= 11 is 12.3. The number of anilines is 1. The monoisotopic (exact) mass is 524 g/mol. The summed E-state index contributed by atoms with van der Waals surface area (Å²) in [6.07, 6.45) is 0. The van der Waals surface area contributed by atoms with Gasteiger partial charge in [0.05, 0.1) is 16.9 Å². The minimum absolute atomic E-state index is 0.0998. The van der Waals surface area contributed by atoms with Gasteiger partial charge in [-0.25, -0.2) is 4.68 Å². The van der Waals surface area contributed by atoms with Crippen LogP contribution in [0.25, 0.3) is 39.3 Å². The molecule has 0 aliphatic rings. The van der Waals surface area contributed by atoms with Crippen LogP contribution in [0, 0.1) is 0 Å². The van der Waals surface area contributed by atoms with Gasteiger partial charge in [0.1, 0.15) is 11.2 Å². The highest BCUT2D eigenvalue weighted by molar-refractivity contribution is 6.31. The van der Waals surface area contributed by atoms with Crippen molar-refractivity contribution in [2.75, 3.05) is 5.32 Å². The van der Waals surface area contributed by atoms with Gasteiger partial charge in [0.25, 0.3) is 5.91 Å². The average molecular weight is 525 g/mol. The van der Waals surface area contributed by atoms with Crippen LogP contribution < -0.4 is 5.32 Å². The lowest BCUT2D eigenvalue weighted by molar-refractivity contribution is 0.102. The molecule has 0 spiro atoms. The predicted molar refractivity (Wildman–Crippen MR) is 146 cm³/mol. The van der Waals surface area contributed by atoms with E-state index < -0.39 is 5.91 Å². The number of amides is 1. The van der Waals surface area contributed by atoms with Gasteiger partial charge in [-0.3, -0.25) is 10.1 Å². The molecule has 6 rings (SSSR count). The van der Waals surface area contributed by atoms with Crippen molar-refractivity contribution in [3.8, 4) is 28.2 Å². The van der Waals surface area contributed by atoms with Crippen LogP contribution in [0.1, 0.15) is 10.4 Å². The lowest BCUT2D eigenvalue weighted by Gasteiger charge is -2.10. The maximum atomic E-state index is 13.9. The fourth-order valence-electron chi connectivity index (χ4n) is 4.16. The molecule has 0 aliphatic carbocycles. The third-order valence-corrected chi connectivity index (χ3v) is 6.37. The van der Waals surface area contributed by atoms with Crippen LogP contribution in [0.5, 0.6) is 0 Å². The summed E-state index contributed by atoms with van der Waals surface area (Å²) in [4.78, 5) is 18.4. The van der Waals surface area contributed by atoms with Gasteiger partial charge in [-0.15, -0.1) is 0 Å². The van der Waals surface area contributed by atoms with E-state index in [0.717, 1.165) is 16.8 Å². The molecule has 1 N–H and O–H groups in total. The number of hydrogen-bond acceptors (Lipinski definition) is 4. The van der Waals surface area contributed by atoms with E-state index >= 15 is 0 Å². The largest absolute Gasteiger partial charge is 0.423 e. The first-order valence-corrected chi connectivity index (χ1v) is 12.2. The summed E-state index contributed by atoms with van der Waals surface area (Å²) in [5, 5.41) is 8.92. The third-order valence-electron chi connectivity index (χ3n) is 5.86. The van der Waals surface area contributed by atoms with Gasteiger partial charge in [-0.1, -0.05) is 77.8 Å². The molecular formula is C29H18Cl2N4O2. The van der Waals surface area contributed by atoms with Crippen LogP contribution in [0.3, 0.4) is 0 Å². The zero-order chi connectivity index (χ0) is 25.4. The Hall–Kier alpha value is -4.39. The second-order valence-electron chi connectivity index (χ2n) is 8.27. The molecule has 0 unspecified atom stereocenters. The van der Waals surface area contributed by atoms with Gasteiger partial charge >= 0.3 is 6.01 Å². The van der Waals surface area contributed by atoms with E-state index in [1.54, 1.807) is 35.0 Å². The first kappa shape index (κ1) is 23.0. The molecule has 0 aliphatic heterocycles. The van der Waals surface area contributed by atoms with E-state index in [4.69, 9.17) is 32.7 Å². The molecule has 180 valence electrons. The van der Waals surface area contributed by atoms with Gasteiger partial charge in [-0.2, -0.15) is 10.1 Å². The van der Waals surface area contributed by atoms with Crippen molar-refractivity contribution in [1.29, 1.82) is 0 Å². The molecule has 0 fully saturated rings. The molecule has 37 heavy (non-hydrogen) atoms. The Morgan fingerprint density at radius 3 is 2.05 bits per heavy atom. The van der Waals surface area contributed by atoms with E-state index in [0.29, 0.717) is 38.1 Å². The highest BCUT2D eigenvalue weighted by atomic mass is 35.5. The number of aromatic nitrogens is 3. The second-order valence-corrected chi connectivity index (χ2v) is 9.15. The van der Waals surface area contributed by atoms with Crippen LogP contribution in [-0.4, -0.2) is 20.7 Å². The van der Waals surface area contributed by atoms with Gasteiger partial charge in [0.15, 0.2) is 5.58 Å². The highest BCUT2D eigenvalue weighted by Gasteiger charge is 2.28. The zero-order valence-electron chi connectivity index (χ0n) is 19.2. The van der Waals surface area contributed by atoms with Crippen molar-refractivity contribution < 1.29 is 9.21 Å². The Bertz CT molecular complexity index is 1690. The number of oxazole rings is 1. The molecule has 8 heteroatoms. The van der Waals surface area contributed by atoms with Crippen LogP contribution in [0.2, 0.25) is 10.0 Å². The Labute approximate surface area is 222 Å². The van der Waals surface area contributed by atoms with Crippen molar-refractivity contribution in [1.82, 2.24) is 14.8 Å². The summed E-state index contributed by atoms with van der Waals surface area (Å²) in [5.41, 5.74) is 4.96. The number of carbonyl (C=O) groups is 1. The normalized spacial score (nSPS) is 11.1. The molecule has 2 heterocycles. The second kappa shape index (κ2) is 9.58. The van der Waals surface area contributed by atoms with E-state index in [-0.39, 0.29) is 6.01 Å². The number of halogens is 2. The number of nitrogens with one attached hydrogen (secondary N) is 1. The average Bonchev–Trinajstić information content (AvgIpc) is 3.52. The summed E-state index contributed by atoms with van der Waals surface area (Å²) in [6.45, 7) is 0. The number of benzene rings is 4. The van der Waals surface area contributed by atoms with E-state index in [9.17, 15) is 4.79 Å². The van der Waals surface area contributed by atoms with Crippen LogP contribution >= 0.6 is 23.2 Å². The molecule has 1 amide bonds. The topological polar surface area (TPSA) is 73.0 Å². The number of carbonyl (C=O) groups excluding carboxylic acids is 1. The quantitative estimate of drug-likeness (QED) is 0.248. The molecule has 6 nitrogen and oxygen atoms in total. The molecule has 0 saturated heterocycles. The van der Waals surface area contributed by atoms with Gasteiger partial charge in [-0.05, 0) is 48.5 Å². The lowest BCUT2D eigenvalue weighted by atomic mass is 10.0. The summed E-state index contributed by atoms with van der Waals surface area (Å²) in [5.74, 6) is -0.413. The Morgan fingerprint density at radius 1 is 0.757 bits per heavy atom. The van der Waals surface area contributed by atoms with Crippen LogP contribution in [-0.2, 0) is 0 Å². The fraction of sp³-hybridized carbons (Fsp3) is 0. The molecule has 0 saturated carbocycles. The summed E-state index contributed by atoms with van der Waals surface area (Å²) < 4.78 is 7.53. The SMILES string of the molecule is O=C(Nc1nc2ccccc2o1)c1c(-c2ccc(Cl)cc2)nn(-c2ccccc2)c1-c1ccc(Cl)cc1. The van der Waals surface area contributed by atoms with Gasteiger partial charge < -0.3 is 4.42 Å². The summed E-state index contributed by atoms with van der Waals surface area (Å²) in [6, 6.07) is 31.5. The lowest BCUT2D eigenvalue weighted by Crippen LogP contribution is -2.14. The van der Waals surface area contributed by atoms with Crippen LogP contribution in [0.4, 0.5) is 6.01 Å². The summed E-state index contributed by atoms with van der Waals surface area (Å²) in [7, 11) is 0. The van der Waals surface area contributed by atoms with Crippen LogP contribution in [0.15, 0.2) is 108 Å². The Morgan fingerprint density at radius 2 is 1.38 bits per heavy atom. The van der Waals surface area contributed by atoms with Crippen molar-refractivity contribution in [2.45, 2.75) is 0 Å². The fourth-order valence-corrected chi connectivity index (χ4v) is 4.41. The first-order chi connectivity index (χ1) is 18.1. The number of hydrogen-bond donors (Lipinski definition) is 1. The van der Waals surface area contributed by atoms with Crippen molar-refractivity contribution in [3.63, 3.8) is 0 Å². The van der Waals surface area contributed by atoms with E-state index in [1.807, 2.05) is 72.8 Å². The Balaban J connectivity index is 1.57. The zero-order valence-corrected chi connectivity index (χ0v) is 20.7. The number of nitrogens with zero attached hydrogens (tertiary/aromatic N) is 3. The van der Waals surface area contributed by atoms with Gasteiger partial charge in [0, 0.05) is 21.2 Å². The van der Waals surface area contributed by atoms with Crippen molar-refractivity contribution in [2.24, 2.45) is 0 Å². The minimum atomic E-state index is -0.413. The maximum absolute atomic E-state index is 13.9. The molecule has 0 bridgehead atoms. The standard InChI is InChI=1S/C29H18Cl2N4O2/c30-20-14-10-18(11-15-20)26-25(28(36)33-29-32-23-8-4-5-9-24(23)37-29)27(19-12-16-21(31)17-13-19)35(34-26)22-6-2-1-3-7-22/h1-17H,(H,32,33,36). The van der Waals surface area contributed by atoms with Crippen molar-refractivity contribution >= 4 is 46.2 Å². The maximum Gasteiger partial charge on any atom is 0.302 e. The minimum Gasteiger partial charge on any atom is -0.423 e. The molecular weight excluding hydrogens is 507 g/mol. The number of fused-ring (bicyclic) bond motifs is 1. The number of para-hydroxylation sites is 3. The molecule has 4 aromatic carbocycles. The van der Waals surface area contributed by atoms with Crippen molar-refractivity contribution in [3.05, 3.63) is 119 Å². The number of rotatable bonds is 5. The molecule has 0 atom stereocenters. The molecule has 2 aromatic heterocycles. The predicted octanol–water partition coefficient (Wildman–Crippen LogP) is 7.91. The Kier molecular flexibility index (Phi) is 5.96. The highest BCUT2D eigenvalue weighted by Crippen LogP contribution is 2.36. The van der Waals surface area contributed by atoms with E-state index in [1.165, 1.54) is 0 Å². The molecule has 6 aromatic rings. The molecule has 0 radical (unpaired) electrons. The third kappa shape index (κ3) is 4.48. The van der Waals surface area contributed by atoms with E-state index in [2.05, 4.69) is 10.3 Å². The van der Waals surface area contributed by atoms with Gasteiger partial charge in [0.2, 0.25) is 0 Å².